The Hall–Kier alpha value is -1.50. The average Bonchev–Trinajstić information content (AvgIpc) is 2.93. The lowest BCUT2D eigenvalue weighted by Crippen LogP contribution is -2.07. The van der Waals surface area contributed by atoms with Crippen molar-refractivity contribution in [2.75, 3.05) is 18.5 Å². The highest BCUT2D eigenvalue weighted by molar-refractivity contribution is 9.10. The number of aliphatic hydroxyl groups excluding tert-OH is 1. The van der Waals surface area contributed by atoms with Crippen LogP contribution in [0.15, 0.2) is 35.1 Å². The summed E-state index contributed by atoms with van der Waals surface area (Å²) in [5.74, 6) is 0.785. The van der Waals surface area contributed by atoms with Gasteiger partial charge in [0.15, 0.2) is 0 Å². The number of aromatic nitrogens is 2. The SMILES string of the molecule is CCc1sc2ncnc(NCCO)c2c1-c1ccc(Br)cc1. The predicted molar refractivity (Wildman–Crippen MR) is 95.5 cm³/mol. The highest BCUT2D eigenvalue weighted by atomic mass is 79.9. The van der Waals surface area contributed by atoms with Gasteiger partial charge in [0.1, 0.15) is 17.0 Å². The molecule has 22 heavy (non-hydrogen) atoms. The standard InChI is InChI=1S/C16H16BrN3OS/c1-2-12-13(10-3-5-11(17)6-4-10)14-15(18-7-8-21)19-9-20-16(14)22-12/h3-6,9,21H,2,7-8H2,1H3,(H,18,19,20). The maximum Gasteiger partial charge on any atom is 0.138 e. The Morgan fingerprint density at radius 3 is 2.68 bits per heavy atom. The molecule has 0 amide bonds. The number of halogens is 1. The number of nitrogens with zero attached hydrogens (tertiary/aromatic N) is 2. The van der Waals surface area contributed by atoms with Gasteiger partial charge in [0.25, 0.3) is 0 Å². The first-order chi connectivity index (χ1) is 10.7. The lowest BCUT2D eigenvalue weighted by molar-refractivity contribution is 0.311. The topological polar surface area (TPSA) is 58.0 Å². The Labute approximate surface area is 141 Å². The molecule has 2 N–H and O–H groups in total. The number of benzene rings is 1. The zero-order chi connectivity index (χ0) is 15.5. The van der Waals surface area contributed by atoms with Crippen molar-refractivity contribution in [2.24, 2.45) is 0 Å². The first-order valence-electron chi connectivity index (χ1n) is 7.11. The third-order valence-corrected chi connectivity index (χ3v) is 5.19. The van der Waals surface area contributed by atoms with E-state index in [1.165, 1.54) is 10.4 Å². The van der Waals surface area contributed by atoms with Gasteiger partial charge in [0.2, 0.25) is 0 Å². The van der Waals surface area contributed by atoms with Crippen LogP contribution in [-0.4, -0.2) is 28.2 Å². The Morgan fingerprint density at radius 2 is 2.00 bits per heavy atom. The Balaban J connectivity index is 2.23. The van der Waals surface area contributed by atoms with Crippen molar-refractivity contribution in [1.82, 2.24) is 9.97 Å². The molecule has 6 heteroatoms. The quantitative estimate of drug-likeness (QED) is 0.702. The zero-order valence-electron chi connectivity index (χ0n) is 12.1. The number of hydrogen-bond acceptors (Lipinski definition) is 5. The van der Waals surface area contributed by atoms with Crippen LogP contribution in [0.25, 0.3) is 21.3 Å². The molecule has 2 heterocycles. The van der Waals surface area contributed by atoms with E-state index in [1.807, 2.05) is 12.1 Å². The molecular weight excluding hydrogens is 362 g/mol. The van der Waals surface area contributed by atoms with Gasteiger partial charge in [0.05, 0.1) is 12.0 Å². The molecule has 2 aromatic heterocycles. The van der Waals surface area contributed by atoms with Gasteiger partial charge in [-0.1, -0.05) is 35.0 Å². The molecule has 0 bridgehead atoms. The van der Waals surface area contributed by atoms with Crippen LogP contribution in [0.5, 0.6) is 0 Å². The maximum absolute atomic E-state index is 9.06. The minimum atomic E-state index is 0.0733. The van der Waals surface area contributed by atoms with Gasteiger partial charge < -0.3 is 10.4 Å². The minimum Gasteiger partial charge on any atom is -0.395 e. The molecule has 0 aliphatic heterocycles. The summed E-state index contributed by atoms with van der Waals surface area (Å²) >= 11 is 5.19. The molecule has 0 aliphatic carbocycles. The summed E-state index contributed by atoms with van der Waals surface area (Å²) in [7, 11) is 0. The van der Waals surface area contributed by atoms with Gasteiger partial charge in [-0.05, 0) is 24.1 Å². The van der Waals surface area contributed by atoms with E-state index in [0.29, 0.717) is 6.54 Å². The number of fused-ring (bicyclic) bond motifs is 1. The maximum atomic E-state index is 9.06. The number of aliphatic hydroxyl groups is 1. The van der Waals surface area contributed by atoms with E-state index in [0.717, 1.165) is 32.5 Å². The highest BCUT2D eigenvalue weighted by Gasteiger charge is 2.17. The molecule has 0 spiro atoms. The second-order valence-corrected chi connectivity index (χ2v) is 6.81. The second-order valence-electron chi connectivity index (χ2n) is 4.81. The molecule has 3 rings (SSSR count). The summed E-state index contributed by atoms with van der Waals surface area (Å²) in [6.07, 6.45) is 2.52. The van der Waals surface area contributed by atoms with Crippen LogP contribution in [-0.2, 0) is 6.42 Å². The number of anilines is 1. The van der Waals surface area contributed by atoms with E-state index in [9.17, 15) is 0 Å². The molecular formula is C16H16BrN3OS. The summed E-state index contributed by atoms with van der Waals surface area (Å²) in [6, 6.07) is 8.30. The Morgan fingerprint density at radius 1 is 1.23 bits per heavy atom. The zero-order valence-corrected chi connectivity index (χ0v) is 14.5. The van der Waals surface area contributed by atoms with Crippen molar-refractivity contribution in [3.63, 3.8) is 0 Å². The van der Waals surface area contributed by atoms with Crippen molar-refractivity contribution >= 4 is 43.3 Å². The smallest absolute Gasteiger partial charge is 0.138 e. The van der Waals surface area contributed by atoms with Crippen LogP contribution < -0.4 is 5.32 Å². The third kappa shape index (κ3) is 2.86. The van der Waals surface area contributed by atoms with Crippen LogP contribution in [0, 0.1) is 0 Å². The minimum absolute atomic E-state index is 0.0733. The third-order valence-electron chi connectivity index (χ3n) is 3.42. The number of nitrogens with one attached hydrogen (secondary N) is 1. The van der Waals surface area contributed by atoms with Gasteiger partial charge in [-0.2, -0.15) is 0 Å². The van der Waals surface area contributed by atoms with E-state index >= 15 is 0 Å². The predicted octanol–water partition coefficient (Wildman–Crippen LogP) is 4.09. The first-order valence-corrected chi connectivity index (χ1v) is 8.72. The van der Waals surface area contributed by atoms with Gasteiger partial charge in [-0.3, -0.25) is 0 Å². The summed E-state index contributed by atoms with van der Waals surface area (Å²) < 4.78 is 1.06. The van der Waals surface area contributed by atoms with E-state index in [-0.39, 0.29) is 6.61 Å². The molecule has 0 aliphatic rings. The molecule has 4 nitrogen and oxygen atoms in total. The number of rotatable bonds is 5. The summed E-state index contributed by atoms with van der Waals surface area (Å²) in [4.78, 5) is 11.1. The molecule has 114 valence electrons. The van der Waals surface area contributed by atoms with Crippen molar-refractivity contribution < 1.29 is 5.11 Å². The molecule has 0 atom stereocenters. The highest BCUT2D eigenvalue weighted by Crippen LogP contribution is 2.41. The molecule has 1 aromatic carbocycles. The van der Waals surface area contributed by atoms with Gasteiger partial charge >= 0.3 is 0 Å². The summed E-state index contributed by atoms with van der Waals surface area (Å²) in [5.41, 5.74) is 2.35. The van der Waals surface area contributed by atoms with Crippen LogP contribution in [0.2, 0.25) is 0 Å². The lowest BCUT2D eigenvalue weighted by atomic mass is 10.0. The Kier molecular flexibility index (Phi) is 4.71. The van der Waals surface area contributed by atoms with E-state index in [4.69, 9.17) is 5.11 Å². The molecule has 0 fully saturated rings. The molecule has 3 aromatic rings. The van der Waals surface area contributed by atoms with Gasteiger partial charge in [0, 0.05) is 21.5 Å². The Bertz CT molecular complexity index is 786. The lowest BCUT2D eigenvalue weighted by Gasteiger charge is -2.08. The fourth-order valence-electron chi connectivity index (χ4n) is 2.46. The summed E-state index contributed by atoms with van der Waals surface area (Å²) in [6.45, 7) is 2.70. The fourth-order valence-corrected chi connectivity index (χ4v) is 3.82. The van der Waals surface area contributed by atoms with Crippen LogP contribution in [0.3, 0.4) is 0 Å². The van der Waals surface area contributed by atoms with E-state index in [2.05, 4.69) is 50.3 Å². The normalized spacial score (nSPS) is 11.0. The van der Waals surface area contributed by atoms with Crippen molar-refractivity contribution in [2.45, 2.75) is 13.3 Å². The van der Waals surface area contributed by atoms with E-state index < -0.39 is 0 Å². The average molecular weight is 378 g/mol. The van der Waals surface area contributed by atoms with Crippen molar-refractivity contribution in [1.29, 1.82) is 0 Å². The van der Waals surface area contributed by atoms with E-state index in [1.54, 1.807) is 17.7 Å². The van der Waals surface area contributed by atoms with Crippen LogP contribution in [0.4, 0.5) is 5.82 Å². The van der Waals surface area contributed by atoms with Crippen LogP contribution >= 0.6 is 27.3 Å². The monoisotopic (exact) mass is 377 g/mol. The van der Waals surface area contributed by atoms with Crippen LogP contribution in [0.1, 0.15) is 11.8 Å². The van der Waals surface area contributed by atoms with Gasteiger partial charge in [-0.15, -0.1) is 11.3 Å². The molecule has 0 radical (unpaired) electrons. The molecule has 0 unspecified atom stereocenters. The number of aryl methyl sites for hydroxylation is 1. The number of hydrogen-bond donors (Lipinski definition) is 2. The van der Waals surface area contributed by atoms with Crippen molar-refractivity contribution in [3.05, 3.63) is 39.9 Å². The van der Waals surface area contributed by atoms with Crippen molar-refractivity contribution in [3.8, 4) is 11.1 Å². The first kappa shape index (κ1) is 15.4. The fraction of sp³-hybridized carbons (Fsp3) is 0.250. The van der Waals surface area contributed by atoms with Gasteiger partial charge in [-0.25, -0.2) is 9.97 Å². The number of thiophene rings is 1. The summed E-state index contributed by atoms with van der Waals surface area (Å²) in [5, 5.41) is 13.3. The second kappa shape index (κ2) is 6.73. The molecule has 0 saturated carbocycles. The largest absolute Gasteiger partial charge is 0.395 e. The molecule has 0 saturated heterocycles.